The number of nitrogens with zero attached hydrogens (tertiary/aromatic N) is 6. The number of rotatable bonds is 14. The van der Waals surface area contributed by atoms with Crippen LogP contribution >= 0.6 is 0 Å². The highest BCUT2D eigenvalue weighted by atomic mass is 19.1. The largest absolute Gasteiger partial charge is 0.492 e. The Bertz CT molecular complexity index is 2050. The van der Waals surface area contributed by atoms with Crippen LogP contribution in [-0.4, -0.2) is 82.2 Å². The summed E-state index contributed by atoms with van der Waals surface area (Å²) in [7, 11) is 0. The fraction of sp³-hybridized carbons (Fsp3) is 0.129. The van der Waals surface area contributed by atoms with Gasteiger partial charge in [0.1, 0.15) is 6.33 Å². The molecule has 0 aliphatic heterocycles. The first-order valence-corrected chi connectivity index (χ1v) is 14.4. The van der Waals surface area contributed by atoms with Crippen molar-refractivity contribution < 1.29 is 52.8 Å². The van der Waals surface area contributed by atoms with Gasteiger partial charge >= 0.3 is 11.9 Å². The average Bonchev–Trinajstić information content (AvgIpc) is 3.64. The molecule has 0 unspecified atom stereocenters. The van der Waals surface area contributed by atoms with Crippen LogP contribution in [0.3, 0.4) is 0 Å². The summed E-state index contributed by atoms with van der Waals surface area (Å²) >= 11 is 0. The van der Waals surface area contributed by atoms with E-state index in [1.165, 1.54) is 24.7 Å². The molecule has 0 fully saturated rings. The Hall–Kier alpha value is -7.05. The predicted molar refractivity (Wildman–Crippen MR) is 166 cm³/mol. The standard InChI is InChI=1S/C31H24F2N8O9/c32-18-11-16(30(45)46)22(35-28(43)20-3-5-26(39-37-20)41-8-7-34-15-41)13-24(18)49-9-1-2-10-50-25-14-23(17(31(47)48)12-19(25)33)36-29(44)21-4-6-27(42)40-38-21/h3-8,11-15H,1-2,9-10H2,(H,35,43)(H,36,44)(H,40,42)(H,45,46)(H,47,48). The molecule has 3 aromatic heterocycles. The van der Waals surface area contributed by atoms with Crippen LogP contribution in [0.5, 0.6) is 17.4 Å². The Morgan fingerprint density at radius 3 is 1.66 bits per heavy atom. The van der Waals surface area contributed by atoms with E-state index in [1.54, 1.807) is 10.8 Å². The Morgan fingerprint density at radius 1 is 0.720 bits per heavy atom. The summed E-state index contributed by atoms with van der Waals surface area (Å²) in [5, 5.41) is 47.5. The van der Waals surface area contributed by atoms with Gasteiger partial charge < -0.3 is 35.4 Å². The molecule has 0 saturated carbocycles. The zero-order valence-corrected chi connectivity index (χ0v) is 25.4. The first-order valence-electron chi connectivity index (χ1n) is 14.4. The second kappa shape index (κ2) is 15.2. The van der Waals surface area contributed by atoms with Crippen LogP contribution in [0.15, 0.2) is 67.3 Å². The third kappa shape index (κ3) is 8.26. The maximum atomic E-state index is 14.7. The molecular weight excluding hydrogens is 666 g/mol. The van der Waals surface area contributed by atoms with Crippen LogP contribution in [0.1, 0.15) is 54.5 Å². The van der Waals surface area contributed by atoms with Crippen LogP contribution in [0, 0.1) is 11.6 Å². The number of benzene rings is 2. The lowest BCUT2D eigenvalue weighted by atomic mass is 10.1. The third-order valence-electron chi connectivity index (χ3n) is 6.69. The lowest BCUT2D eigenvalue weighted by Gasteiger charge is -2.14. The van der Waals surface area contributed by atoms with E-state index >= 15 is 0 Å². The van der Waals surface area contributed by atoms with Crippen molar-refractivity contribution in [3.8, 4) is 23.2 Å². The van der Waals surface area contributed by atoms with Gasteiger partial charge in [-0.2, -0.15) is 0 Å². The van der Waals surface area contributed by atoms with E-state index in [0.29, 0.717) is 18.0 Å². The van der Waals surface area contributed by atoms with Crippen LogP contribution in [0.4, 0.5) is 20.2 Å². The topological polar surface area (TPSA) is 241 Å². The number of halogens is 2. The van der Waals surface area contributed by atoms with Crippen molar-refractivity contribution >= 4 is 35.1 Å². The number of carbonyl (C=O) groups excluding carboxylic acids is 2. The van der Waals surface area contributed by atoms with Crippen molar-refractivity contribution in [2.75, 3.05) is 23.8 Å². The van der Waals surface area contributed by atoms with Gasteiger partial charge in [0.2, 0.25) is 5.88 Å². The Morgan fingerprint density at radius 2 is 1.24 bits per heavy atom. The minimum absolute atomic E-state index is 0.101. The molecule has 5 N–H and O–H groups in total. The fourth-order valence-electron chi connectivity index (χ4n) is 4.25. The summed E-state index contributed by atoms with van der Waals surface area (Å²) in [6.45, 7) is -0.206. The first-order chi connectivity index (χ1) is 24.0. The van der Waals surface area contributed by atoms with Gasteiger partial charge in [-0.05, 0) is 43.2 Å². The van der Waals surface area contributed by atoms with Crippen LogP contribution < -0.4 is 20.1 Å². The van der Waals surface area contributed by atoms with E-state index in [4.69, 9.17) is 9.47 Å². The predicted octanol–water partition coefficient (Wildman–Crippen LogP) is 3.58. The zero-order chi connectivity index (χ0) is 35.8. The Labute approximate surface area is 279 Å². The molecule has 19 heteroatoms. The molecule has 2 aromatic carbocycles. The number of hydrogen-bond acceptors (Lipinski definition) is 12. The number of aromatic hydroxyl groups is 1. The molecule has 0 spiro atoms. The van der Waals surface area contributed by atoms with Crippen molar-refractivity contribution in [1.29, 1.82) is 0 Å². The molecule has 0 aliphatic rings. The van der Waals surface area contributed by atoms with Crippen molar-refractivity contribution in [3.63, 3.8) is 0 Å². The molecular formula is C31H24F2N8O9. The number of imidazole rings is 1. The quantitative estimate of drug-likeness (QED) is 0.105. The van der Waals surface area contributed by atoms with Gasteiger partial charge in [0.05, 0.1) is 35.7 Å². The van der Waals surface area contributed by atoms with Gasteiger partial charge in [-0.1, -0.05) is 0 Å². The number of aromatic carboxylic acids is 2. The van der Waals surface area contributed by atoms with Crippen molar-refractivity contribution in [2.24, 2.45) is 0 Å². The normalized spacial score (nSPS) is 10.7. The van der Waals surface area contributed by atoms with Gasteiger partial charge in [-0.3, -0.25) is 14.2 Å². The lowest BCUT2D eigenvalue weighted by molar-refractivity contribution is 0.0686. The molecule has 5 aromatic rings. The Balaban J connectivity index is 1.17. The van der Waals surface area contributed by atoms with Gasteiger partial charge in [-0.25, -0.2) is 23.4 Å². The minimum atomic E-state index is -1.53. The highest BCUT2D eigenvalue weighted by Crippen LogP contribution is 2.29. The summed E-state index contributed by atoms with van der Waals surface area (Å²) < 4.78 is 41.8. The molecule has 0 saturated heterocycles. The molecule has 3 heterocycles. The van der Waals surface area contributed by atoms with Crippen molar-refractivity contribution in [2.45, 2.75) is 12.8 Å². The number of carboxylic acids is 2. The number of anilines is 2. The molecule has 0 radical (unpaired) electrons. The van der Waals surface area contributed by atoms with Crippen LogP contribution in [-0.2, 0) is 0 Å². The molecule has 0 atom stereocenters. The number of unbranched alkanes of at least 4 members (excludes halogenated alkanes) is 1. The van der Waals surface area contributed by atoms with Gasteiger partial charge in [0.15, 0.2) is 40.3 Å². The monoisotopic (exact) mass is 690 g/mol. The number of amides is 2. The fourth-order valence-corrected chi connectivity index (χ4v) is 4.25. The van der Waals surface area contributed by atoms with Crippen LogP contribution in [0.25, 0.3) is 5.82 Å². The van der Waals surface area contributed by atoms with Gasteiger partial charge in [0.25, 0.3) is 11.8 Å². The Kier molecular flexibility index (Phi) is 10.4. The van der Waals surface area contributed by atoms with E-state index in [1.807, 2.05) is 0 Å². The summed E-state index contributed by atoms with van der Waals surface area (Å²) in [6.07, 6.45) is 5.10. The van der Waals surface area contributed by atoms with E-state index in [9.17, 15) is 43.3 Å². The lowest BCUT2D eigenvalue weighted by Crippen LogP contribution is -2.17. The number of carbonyl (C=O) groups is 4. The average molecular weight is 691 g/mol. The highest BCUT2D eigenvalue weighted by molar-refractivity contribution is 6.07. The molecule has 0 aliphatic carbocycles. The number of hydrogen-bond donors (Lipinski definition) is 5. The van der Waals surface area contributed by atoms with Crippen molar-refractivity contribution in [3.05, 3.63) is 101 Å². The van der Waals surface area contributed by atoms with E-state index < -0.39 is 52.4 Å². The van der Waals surface area contributed by atoms with Crippen LogP contribution in [0.2, 0.25) is 0 Å². The summed E-state index contributed by atoms with van der Waals surface area (Å²) in [4.78, 5) is 52.6. The smallest absolute Gasteiger partial charge is 0.337 e. The number of nitrogens with one attached hydrogen (secondary N) is 2. The second-order valence-corrected chi connectivity index (χ2v) is 10.1. The summed E-state index contributed by atoms with van der Waals surface area (Å²) in [6, 6.07) is 8.45. The molecule has 256 valence electrons. The maximum Gasteiger partial charge on any atom is 0.337 e. The van der Waals surface area contributed by atoms with Gasteiger partial charge in [-0.15, -0.1) is 20.4 Å². The third-order valence-corrected chi connectivity index (χ3v) is 6.69. The highest BCUT2D eigenvalue weighted by Gasteiger charge is 2.21. The van der Waals surface area contributed by atoms with E-state index in [0.717, 1.165) is 24.3 Å². The van der Waals surface area contributed by atoms with Gasteiger partial charge in [0, 0.05) is 30.6 Å². The molecule has 50 heavy (non-hydrogen) atoms. The number of aromatic nitrogens is 6. The molecule has 2 amide bonds. The van der Waals surface area contributed by atoms with Crippen molar-refractivity contribution in [1.82, 2.24) is 29.9 Å². The second-order valence-electron chi connectivity index (χ2n) is 10.1. The molecule has 17 nitrogen and oxygen atoms in total. The maximum absolute atomic E-state index is 14.7. The zero-order valence-electron chi connectivity index (χ0n) is 25.4. The summed E-state index contributed by atoms with van der Waals surface area (Å²) in [5.74, 6) is -7.55. The SMILES string of the molecule is O=C(Nc1cc(OCCCCOc2cc(NC(=O)c3ccc(-n4ccnc4)nn3)c(C(=O)O)cc2F)c(F)cc1C(=O)O)c1ccc(O)nn1. The number of ether oxygens (including phenoxy) is 2. The minimum Gasteiger partial charge on any atom is -0.492 e. The van der Waals surface area contributed by atoms with E-state index in [2.05, 4.69) is 36.0 Å². The first kappa shape index (κ1) is 34.3. The molecule has 0 bridgehead atoms. The number of carboxylic acid groups (broad SMARTS) is 2. The van der Waals surface area contributed by atoms with E-state index in [-0.39, 0.29) is 60.3 Å². The molecule has 5 rings (SSSR count). The summed E-state index contributed by atoms with van der Waals surface area (Å²) in [5.41, 5.74) is -2.05.